The minimum Gasteiger partial charge on any atom is -0.496 e. The Morgan fingerprint density at radius 3 is 2.31 bits per heavy atom. The Kier molecular flexibility index (Phi) is 3.34. The van der Waals surface area contributed by atoms with Crippen molar-refractivity contribution in [2.24, 2.45) is 17.8 Å². The molecule has 1 aromatic rings. The Labute approximate surface area is 152 Å². The molecule has 0 radical (unpaired) electrons. The number of carbonyl (C=O) groups excluding carboxylic acids is 2. The number of methoxy groups -OCH3 is 1. The summed E-state index contributed by atoms with van der Waals surface area (Å²) in [5.41, 5.74) is -1.65. The van der Waals surface area contributed by atoms with Gasteiger partial charge >= 0.3 is 5.97 Å². The molecule has 26 heavy (non-hydrogen) atoms. The maximum absolute atomic E-state index is 13.0. The van der Waals surface area contributed by atoms with Gasteiger partial charge in [0, 0.05) is 17.5 Å². The van der Waals surface area contributed by atoms with Gasteiger partial charge in [-0.05, 0) is 62.3 Å². The lowest BCUT2D eigenvalue weighted by Gasteiger charge is -2.56. The first kappa shape index (κ1) is 16.3. The van der Waals surface area contributed by atoms with E-state index in [1.54, 1.807) is 18.2 Å². The minimum atomic E-state index is -2.12. The van der Waals surface area contributed by atoms with Crippen LogP contribution in [0, 0.1) is 17.8 Å². The van der Waals surface area contributed by atoms with Crippen LogP contribution in [0.3, 0.4) is 0 Å². The van der Waals surface area contributed by atoms with E-state index in [4.69, 9.17) is 9.47 Å². The van der Waals surface area contributed by atoms with Gasteiger partial charge in [-0.25, -0.2) is 4.79 Å². The molecule has 138 valence electrons. The molecular formula is C21H24O5. The third kappa shape index (κ3) is 2.19. The molecule has 4 bridgehead atoms. The first-order valence-electron chi connectivity index (χ1n) is 9.59. The van der Waals surface area contributed by atoms with E-state index in [0.717, 1.165) is 19.3 Å². The third-order valence-electron chi connectivity index (χ3n) is 7.03. The minimum absolute atomic E-state index is 0.0730. The number of carbonyl (C=O) groups is 2. The monoisotopic (exact) mass is 356 g/mol. The van der Waals surface area contributed by atoms with E-state index in [2.05, 4.69) is 0 Å². The average molecular weight is 356 g/mol. The molecule has 6 rings (SSSR count). The van der Waals surface area contributed by atoms with Crippen LogP contribution in [0.2, 0.25) is 0 Å². The average Bonchev–Trinajstić information content (AvgIpc) is 2.86. The van der Waals surface area contributed by atoms with Crippen LogP contribution in [0.4, 0.5) is 0 Å². The van der Waals surface area contributed by atoms with Gasteiger partial charge in [-0.2, -0.15) is 0 Å². The van der Waals surface area contributed by atoms with E-state index in [1.165, 1.54) is 26.4 Å². The zero-order valence-corrected chi connectivity index (χ0v) is 15.0. The van der Waals surface area contributed by atoms with Crippen LogP contribution in [0.25, 0.3) is 0 Å². The molecule has 0 aromatic heterocycles. The number of Topliss-reactive ketones (excluding diaryl/α,β-unsaturated/α-hetero) is 1. The van der Waals surface area contributed by atoms with Crippen molar-refractivity contribution in [3.05, 3.63) is 29.3 Å². The summed E-state index contributed by atoms with van der Waals surface area (Å²) in [6.45, 7) is 0. The summed E-state index contributed by atoms with van der Waals surface area (Å²) in [7, 11) is 1.52. The van der Waals surface area contributed by atoms with Crippen molar-refractivity contribution in [3.8, 4) is 5.75 Å². The normalized spacial score (nSPS) is 39.8. The Balaban J connectivity index is 1.42. The second-order valence-corrected chi connectivity index (χ2v) is 8.84. The molecule has 0 amide bonds. The number of hydrogen-bond acceptors (Lipinski definition) is 5. The first-order valence-corrected chi connectivity index (χ1v) is 9.59. The van der Waals surface area contributed by atoms with Gasteiger partial charge in [0.2, 0.25) is 11.4 Å². The lowest BCUT2D eigenvalue weighted by atomic mass is 9.54. The molecular weight excluding hydrogens is 332 g/mol. The molecule has 4 fully saturated rings. The summed E-state index contributed by atoms with van der Waals surface area (Å²) in [5.74, 6) is 1.05. The molecule has 1 atom stereocenters. The lowest BCUT2D eigenvalue weighted by Crippen LogP contribution is -2.56. The van der Waals surface area contributed by atoms with Gasteiger partial charge in [0.25, 0.3) is 0 Å². The molecule has 0 aliphatic heterocycles. The summed E-state index contributed by atoms with van der Waals surface area (Å²) < 4.78 is 11.3. The van der Waals surface area contributed by atoms with Crippen LogP contribution in [0.5, 0.6) is 5.75 Å². The van der Waals surface area contributed by atoms with E-state index >= 15 is 0 Å². The highest BCUT2D eigenvalue weighted by Gasteiger charge is 2.58. The van der Waals surface area contributed by atoms with E-state index in [-0.39, 0.29) is 6.42 Å². The Morgan fingerprint density at radius 1 is 1.12 bits per heavy atom. The smallest absolute Gasteiger partial charge is 0.347 e. The van der Waals surface area contributed by atoms with Gasteiger partial charge < -0.3 is 14.6 Å². The van der Waals surface area contributed by atoms with Crippen LogP contribution in [-0.4, -0.2) is 35.2 Å². The maximum Gasteiger partial charge on any atom is 0.347 e. The van der Waals surface area contributed by atoms with E-state index in [9.17, 15) is 14.7 Å². The fraction of sp³-hybridized carbons (Fsp3) is 0.619. The van der Waals surface area contributed by atoms with Gasteiger partial charge in [-0.15, -0.1) is 0 Å². The predicted octanol–water partition coefficient (Wildman–Crippen LogP) is 2.68. The van der Waals surface area contributed by atoms with Gasteiger partial charge in [0.1, 0.15) is 11.4 Å². The summed E-state index contributed by atoms with van der Waals surface area (Å²) in [4.78, 5) is 25.8. The second-order valence-electron chi connectivity index (χ2n) is 8.84. The Morgan fingerprint density at radius 2 is 1.73 bits per heavy atom. The number of aliphatic hydroxyl groups is 1. The molecule has 0 saturated heterocycles. The predicted molar refractivity (Wildman–Crippen MR) is 93.0 cm³/mol. The van der Waals surface area contributed by atoms with Crippen LogP contribution in [0.15, 0.2) is 18.2 Å². The van der Waals surface area contributed by atoms with Gasteiger partial charge in [0.05, 0.1) is 7.11 Å². The zero-order valence-electron chi connectivity index (χ0n) is 15.0. The molecule has 1 aromatic carbocycles. The molecule has 4 saturated carbocycles. The van der Waals surface area contributed by atoms with Crippen molar-refractivity contribution < 1.29 is 24.2 Å². The van der Waals surface area contributed by atoms with Crippen molar-refractivity contribution in [1.82, 2.24) is 0 Å². The van der Waals surface area contributed by atoms with Crippen molar-refractivity contribution in [1.29, 1.82) is 0 Å². The summed E-state index contributed by atoms with van der Waals surface area (Å²) in [5, 5.41) is 11.0. The zero-order chi connectivity index (χ0) is 18.1. The van der Waals surface area contributed by atoms with Crippen molar-refractivity contribution in [2.45, 2.75) is 56.1 Å². The highest BCUT2D eigenvalue weighted by atomic mass is 16.6. The first-order chi connectivity index (χ1) is 12.4. The van der Waals surface area contributed by atoms with Crippen molar-refractivity contribution in [2.75, 3.05) is 7.11 Å². The van der Waals surface area contributed by atoms with Crippen LogP contribution >= 0.6 is 0 Å². The molecule has 1 N–H and O–H groups in total. The van der Waals surface area contributed by atoms with Crippen LogP contribution in [0.1, 0.15) is 54.4 Å². The molecule has 5 nitrogen and oxygen atoms in total. The third-order valence-corrected chi connectivity index (χ3v) is 7.03. The van der Waals surface area contributed by atoms with Crippen LogP contribution < -0.4 is 4.74 Å². The lowest BCUT2D eigenvalue weighted by molar-refractivity contribution is -0.199. The van der Waals surface area contributed by atoms with Crippen molar-refractivity contribution >= 4 is 11.8 Å². The SMILES string of the molecule is COc1cccc2c1C[C@](O)(C(=O)OC13CC4CC(CC(C4)C1)C3)C2=O. The number of ketones is 1. The molecule has 5 heteroatoms. The number of benzene rings is 1. The van der Waals surface area contributed by atoms with Crippen molar-refractivity contribution in [3.63, 3.8) is 0 Å². The molecule has 0 unspecified atom stereocenters. The second kappa shape index (κ2) is 5.32. The van der Waals surface area contributed by atoms with E-state index in [1.807, 2.05) is 0 Å². The fourth-order valence-electron chi connectivity index (χ4n) is 6.31. The van der Waals surface area contributed by atoms with E-state index in [0.29, 0.717) is 34.6 Å². The molecule has 0 spiro atoms. The standard InChI is InChI=1S/C21H24O5/c1-25-17-4-2-3-15-16(17)11-21(24,18(15)22)19(23)26-20-8-12-5-13(9-20)7-14(6-12)10-20/h2-4,12-14,24H,5-11H2,1H3/t12?,13?,14?,20?,21-/m1/s1. The van der Waals surface area contributed by atoms with Gasteiger partial charge in [0.15, 0.2) is 0 Å². The van der Waals surface area contributed by atoms with Gasteiger partial charge in [-0.3, -0.25) is 4.79 Å². The molecule has 5 aliphatic rings. The number of fused-ring (bicyclic) bond motifs is 1. The Bertz CT molecular complexity index is 762. The van der Waals surface area contributed by atoms with Gasteiger partial charge in [-0.1, -0.05) is 12.1 Å². The summed E-state index contributed by atoms with van der Waals surface area (Å²) >= 11 is 0. The fourth-order valence-corrected chi connectivity index (χ4v) is 6.31. The summed E-state index contributed by atoms with van der Waals surface area (Å²) in [6, 6.07) is 5.07. The number of ether oxygens (including phenoxy) is 2. The molecule has 5 aliphatic carbocycles. The van der Waals surface area contributed by atoms with E-state index < -0.39 is 23.0 Å². The number of rotatable bonds is 3. The number of esters is 1. The maximum atomic E-state index is 13.0. The quantitative estimate of drug-likeness (QED) is 0.666. The molecule has 0 heterocycles. The summed E-state index contributed by atoms with van der Waals surface area (Å²) in [6.07, 6.45) is 6.28. The highest BCUT2D eigenvalue weighted by Crippen LogP contribution is 2.57. The number of hydrogen-bond donors (Lipinski definition) is 1. The largest absolute Gasteiger partial charge is 0.496 e. The topological polar surface area (TPSA) is 72.8 Å². The highest BCUT2D eigenvalue weighted by molar-refractivity contribution is 6.19. The Hall–Kier alpha value is -1.88. The van der Waals surface area contributed by atoms with Crippen LogP contribution in [-0.2, 0) is 16.0 Å².